The van der Waals surface area contributed by atoms with Crippen molar-refractivity contribution in [3.8, 4) is 22.8 Å². The first kappa shape index (κ1) is 31.9. The Bertz CT molecular complexity index is 1380. The molecule has 0 N–H and O–H groups in total. The summed E-state index contributed by atoms with van der Waals surface area (Å²) < 4.78 is 25.1. The average Bonchev–Trinajstić information content (AvgIpc) is 3.26. The number of benzene rings is 1. The van der Waals surface area contributed by atoms with Crippen LogP contribution in [0, 0.1) is 0 Å². The van der Waals surface area contributed by atoms with Gasteiger partial charge in [-0.15, -0.1) is 5.10 Å². The molecule has 0 aliphatic carbocycles. The van der Waals surface area contributed by atoms with Crippen LogP contribution in [0.1, 0.15) is 57.7 Å². The number of nitrogens with zero attached hydrogens (tertiary/aromatic N) is 4. The van der Waals surface area contributed by atoms with Crippen LogP contribution in [0.4, 0.5) is 4.79 Å². The number of amides is 1. The van der Waals surface area contributed by atoms with Gasteiger partial charge in [-0.25, -0.2) is 14.8 Å². The number of hydrogen-bond acceptors (Lipinski definition) is 7. The molecule has 1 saturated heterocycles. The molecule has 0 saturated carbocycles. The van der Waals surface area contributed by atoms with Gasteiger partial charge in [0.25, 0.3) is 0 Å². The van der Waals surface area contributed by atoms with Gasteiger partial charge in [0.05, 0.1) is 32.2 Å². The van der Waals surface area contributed by atoms with Crippen molar-refractivity contribution < 1.29 is 23.7 Å². The van der Waals surface area contributed by atoms with Crippen LogP contribution >= 0.6 is 10.0 Å². The number of fused-ring (bicyclic) bond motifs is 1. The first-order chi connectivity index (χ1) is 19.8. The van der Waals surface area contributed by atoms with Crippen molar-refractivity contribution in [1.29, 1.82) is 0 Å². The summed E-state index contributed by atoms with van der Waals surface area (Å²) in [6.45, 7) is 10.2. The normalized spacial score (nSPS) is 15.2. The Morgan fingerprint density at radius 1 is 1.02 bits per heavy atom. The van der Waals surface area contributed by atoms with Crippen molar-refractivity contribution >= 4 is 27.2 Å². The number of carbonyl (C=O) groups excluding carboxylic acids is 1. The van der Waals surface area contributed by atoms with E-state index in [1.165, 1.54) is 5.56 Å². The number of rotatable bonds is 10. The Hall–Kier alpha value is -2.98. The quantitative estimate of drug-likeness (QED) is 0.247. The van der Waals surface area contributed by atoms with Crippen LogP contribution in [0.5, 0.6) is 11.5 Å². The van der Waals surface area contributed by atoms with E-state index in [0.717, 1.165) is 53.0 Å². The van der Waals surface area contributed by atoms with Crippen LogP contribution in [0.15, 0.2) is 24.3 Å². The molecule has 1 aliphatic heterocycles. The maximum Gasteiger partial charge on any atom is 0.410 e. The smallest absolute Gasteiger partial charge is 0.410 e. The number of likely N-dealkylation sites (tertiary alicyclic amines) is 1. The molecule has 1 aromatic carbocycles. The summed E-state index contributed by atoms with van der Waals surface area (Å²) in [4.78, 5) is 14.4. The molecule has 9 nitrogen and oxygen atoms in total. The monoisotopic (exact) mass is 600 g/mol. The molecule has 3 heterocycles. The van der Waals surface area contributed by atoms with Gasteiger partial charge >= 0.3 is 6.09 Å². The van der Waals surface area contributed by atoms with Gasteiger partial charge in [-0.2, -0.15) is 5.10 Å². The van der Waals surface area contributed by atoms with E-state index in [4.69, 9.17) is 29.1 Å². The summed E-state index contributed by atoms with van der Waals surface area (Å²) in [5.74, 6) is 2.63. The number of ether oxygens (including phenoxy) is 4. The van der Waals surface area contributed by atoms with Crippen molar-refractivity contribution in [1.82, 2.24) is 19.7 Å². The fraction of sp³-hybridized carbons (Fsp3) is 0.594. The molecule has 0 unspecified atom stereocenters. The molecule has 2 aromatic heterocycles. The lowest BCUT2D eigenvalue weighted by atomic mass is 9.92. The lowest BCUT2D eigenvalue weighted by Crippen LogP contribution is -2.41. The van der Waals surface area contributed by atoms with Gasteiger partial charge in [0.1, 0.15) is 12.3 Å². The molecule has 0 bridgehead atoms. The summed E-state index contributed by atoms with van der Waals surface area (Å²) in [6.07, 6.45) is 9.12. The van der Waals surface area contributed by atoms with E-state index in [9.17, 15) is 4.79 Å². The lowest BCUT2D eigenvalue weighted by Gasteiger charge is -2.33. The number of methoxy groups -OCH3 is 2. The van der Waals surface area contributed by atoms with Crippen LogP contribution in [0.3, 0.4) is 0 Å². The third-order valence-corrected chi connectivity index (χ3v) is 8.96. The topological polar surface area (TPSA) is 87.9 Å². The van der Waals surface area contributed by atoms with Gasteiger partial charge < -0.3 is 23.8 Å². The Morgan fingerprint density at radius 3 is 2.31 bits per heavy atom. The van der Waals surface area contributed by atoms with E-state index in [-0.39, 0.29) is 12.0 Å². The zero-order valence-corrected chi connectivity index (χ0v) is 27.6. The predicted molar refractivity (Wildman–Crippen MR) is 171 cm³/mol. The van der Waals surface area contributed by atoms with E-state index < -0.39 is 15.6 Å². The maximum atomic E-state index is 12.6. The molecule has 42 heavy (non-hydrogen) atoms. The van der Waals surface area contributed by atoms with E-state index in [1.54, 1.807) is 19.1 Å². The largest absolute Gasteiger partial charge is 0.493 e. The molecule has 3 aromatic rings. The SMILES string of the molecule is CCc1c(-c2ccc(OC)c(OC)c2)n(COCCS(C)(C)C)c2nnc(C3CCN(C(=O)OC(C)(C)C)CC3)cc12. The van der Waals surface area contributed by atoms with Crippen molar-refractivity contribution in [2.75, 3.05) is 58.4 Å². The Labute approximate surface area is 252 Å². The molecule has 10 heteroatoms. The van der Waals surface area contributed by atoms with E-state index in [0.29, 0.717) is 37.9 Å². The standard InChI is InChI=1S/C32H48N4O5S/c1-10-24-25-20-26(22-13-15-35(16-14-22)31(37)41-32(2,3)4)33-34-30(25)36(21-40-17-18-42(7,8)9)29(24)23-11-12-27(38-5)28(19-23)39-6/h11-12,19-20,22H,10,13-18,21H2,1-9H3. The molecule has 0 atom stereocenters. The third-order valence-electron chi connectivity index (χ3n) is 7.57. The number of aromatic nitrogens is 3. The van der Waals surface area contributed by atoms with Crippen LogP contribution < -0.4 is 9.47 Å². The van der Waals surface area contributed by atoms with Crippen molar-refractivity contribution in [3.05, 3.63) is 35.5 Å². The maximum absolute atomic E-state index is 12.6. The summed E-state index contributed by atoms with van der Waals surface area (Å²) in [5, 5.41) is 10.6. The fourth-order valence-corrected chi connectivity index (χ4v) is 5.98. The molecule has 1 aliphatic rings. The summed E-state index contributed by atoms with van der Waals surface area (Å²) >= 11 is 0. The first-order valence-corrected chi connectivity index (χ1v) is 17.7. The minimum Gasteiger partial charge on any atom is -0.493 e. The Morgan fingerprint density at radius 2 is 1.71 bits per heavy atom. The molecule has 1 amide bonds. The minimum atomic E-state index is -0.661. The van der Waals surface area contributed by atoms with Crippen LogP contribution in [-0.4, -0.2) is 89.8 Å². The van der Waals surface area contributed by atoms with Gasteiger partial charge in [-0.05, 0) is 88.6 Å². The summed E-state index contributed by atoms with van der Waals surface area (Å²) in [5.41, 5.74) is 4.55. The predicted octanol–water partition coefficient (Wildman–Crippen LogP) is 6.46. The Balaban J connectivity index is 1.68. The molecular weight excluding hydrogens is 552 g/mol. The number of hydrogen-bond donors (Lipinski definition) is 0. The van der Waals surface area contributed by atoms with E-state index >= 15 is 0 Å². The van der Waals surface area contributed by atoms with Crippen LogP contribution in [0.2, 0.25) is 0 Å². The molecule has 0 spiro atoms. The number of piperidine rings is 1. The summed E-state index contributed by atoms with van der Waals surface area (Å²) in [6, 6.07) is 8.22. The highest BCUT2D eigenvalue weighted by molar-refractivity contribution is 8.32. The second-order valence-electron chi connectivity index (χ2n) is 12.8. The second-order valence-corrected chi connectivity index (χ2v) is 17.3. The van der Waals surface area contributed by atoms with Gasteiger partial charge in [0.15, 0.2) is 17.1 Å². The minimum absolute atomic E-state index is 0.226. The highest BCUT2D eigenvalue weighted by atomic mass is 32.3. The van der Waals surface area contributed by atoms with E-state index in [2.05, 4.69) is 42.4 Å². The third kappa shape index (κ3) is 7.50. The fourth-order valence-electron chi connectivity index (χ4n) is 5.36. The van der Waals surface area contributed by atoms with Gasteiger partial charge in [-0.1, -0.05) is 6.92 Å². The van der Waals surface area contributed by atoms with Gasteiger partial charge in [0, 0.05) is 35.7 Å². The number of aryl methyl sites for hydroxylation is 1. The zero-order valence-electron chi connectivity index (χ0n) is 26.8. The highest BCUT2D eigenvalue weighted by Crippen LogP contribution is 2.39. The van der Waals surface area contributed by atoms with Gasteiger partial charge in [0.2, 0.25) is 0 Å². The lowest BCUT2D eigenvalue weighted by molar-refractivity contribution is 0.0204. The molecule has 1 fully saturated rings. The van der Waals surface area contributed by atoms with E-state index in [1.807, 2.05) is 32.9 Å². The molecule has 0 radical (unpaired) electrons. The van der Waals surface area contributed by atoms with Crippen molar-refractivity contribution in [2.24, 2.45) is 0 Å². The summed E-state index contributed by atoms with van der Waals surface area (Å²) in [7, 11) is 2.64. The molecular formula is C32H48N4O5S. The number of carbonyl (C=O) groups is 1. The average molecular weight is 601 g/mol. The van der Waals surface area contributed by atoms with Crippen LogP contribution in [0.25, 0.3) is 22.3 Å². The zero-order chi connectivity index (χ0) is 30.7. The Kier molecular flexibility index (Phi) is 9.98. The van der Waals surface area contributed by atoms with Crippen molar-refractivity contribution in [3.63, 3.8) is 0 Å². The first-order valence-electron chi connectivity index (χ1n) is 14.7. The molecule has 232 valence electrons. The van der Waals surface area contributed by atoms with Crippen LogP contribution in [-0.2, 0) is 22.6 Å². The van der Waals surface area contributed by atoms with Gasteiger partial charge in [-0.3, -0.25) is 4.57 Å². The second kappa shape index (κ2) is 13.1. The van der Waals surface area contributed by atoms with Crippen molar-refractivity contribution in [2.45, 2.75) is 65.2 Å². The molecule has 4 rings (SSSR count). The highest BCUT2D eigenvalue weighted by Gasteiger charge is 2.29.